The molecule has 2 fully saturated rings. The first-order chi connectivity index (χ1) is 17.8. The van der Waals surface area contributed by atoms with Gasteiger partial charge >= 0.3 is 5.97 Å². The predicted molar refractivity (Wildman–Crippen MR) is 134 cm³/mol. The van der Waals surface area contributed by atoms with E-state index in [9.17, 15) is 14.3 Å². The Labute approximate surface area is 212 Å². The van der Waals surface area contributed by atoms with Crippen LogP contribution in [0.25, 0.3) is 27.5 Å². The highest BCUT2D eigenvalue weighted by Crippen LogP contribution is 2.51. The van der Waals surface area contributed by atoms with Crippen LogP contribution in [0.5, 0.6) is 0 Å². The first-order valence-electron chi connectivity index (χ1n) is 12.7. The third-order valence-corrected chi connectivity index (χ3v) is 8.35. The van der Waals surface area contributed by atoms with Gasteiger partial charge in [-0.15, -0.1) is 0 Å². The molecule has 2 atom stereocenters. The number of hydrogen-bond donors (Lipinski definition) is 2. The minimum atomic E-state index is -1.31. The Hall–Kier alpha value is -3.30. The molecule has 37 heavy (non-hydrogen) atoms. The van der Waals surface area contributed by atoms with Crippen LogP contribution in [0.3, 0.4) is 0 Å². The Balaban J connectivity index is 1.70. The van der Waals surface area contributed by atoms with Crippen LogP contribution in [-0.4, -0.2) is 51.8 Å². The third-order valence-electron chi connectivity index (χ3n) is 8.35. The Bertz CT molecular complexity index is 1520. The van der Waals surface area contributed by atoms with Crippen LogP contribution in [0.2, 0.25) is 0 Å². The van der Waals surface area contributed by atoms with Crippen molar-refractivity contribution >= 4 is 27.8 Å². The fraction of sp³-hybridized carbons (Fsp3) is 0.429. The number of aliphatic carboxylic acids is 1. The molecule has 1 saturated carbocycles. The highest BCUT2D eigenvalue weighted by molar-refractivity contribution is 6.00. The number of nitrogens with one attached hydrogen (secondary N) is 1. The molecule has 0 unspecified atom stereocenters. The summed E-state index contributed by atoms with van der Waals surface area (Å²) in [5.41, 5.74) is 2.67. The van der Waals surface area contributed by atoms with Gasteiger partial charge in [0.25, 0.3) is 0 Å². The Kier molecular flexibility index (Phi) is 5.80. The van der Waals surface area contributed by atoms with Crippen LogP contribution in [0.4, 0.5) is 8.78 Å². The van der Waals surface area contributed by atoms with Crippen molar-refractivity contribution < 1.29 is 28.2 Å². The molecule has 2 aromatic carbocycles. The summed E-state index contributed by atoms with van der Waals surface area (Å²) in [6.45, 7) is 2.89. The first kappa shape index (κ1) is 24.1. The number of carboxylic acid groups (broad SMARTS) is 1. The number of H-pyrrole nitrogens is 1. The molecule has 7 nitrogen and oxygen atoms in total. The summed E-state index contributed by atoms with van der Waals surface area (Å²) in [6.07, 6.45) is 4.24. The molecule has 0 bridgehead atoms. The van der Waals surface area contributed by atoms with E-state index in [0.29, 0.717) is 53.4 Å². The van der Waals surface area contributed by atoms with Crippen LogP contribution in [0.15, 0.2) is 30.5 Å². The van der Waals surface area contributed by atoms with Gasteiger partial charge in [0, 0.05) is 48.4 Å². The lowest BCUT2D eigenvalue weighted by Crippen LogP contribution is -2.37. The second-order valence-electron chi connectivity index (χ2n) is 10.3. The Morgan fingerprint density at radius 3 is 2.68 bits per heavy atom. The van der Waals surface area contributed by atoms with E-state index in [1.54, 1.807) is 25.3 Å². The number of nitrogens with zero attached hydrogens (tertiary/aromatic N) is 2. The number of fused-ring (bicyclic) bond motifs is 2. The minimum absolute atomic E-state index is 0.0692. The number of rotatable bonds is 5. The van der Waals surface area contributed by atoms with Crippen LogP contribution < -0.4 is 0 Å². The highest BCUT2D eigenvalue weighted by Gasteiger charge is 2.48. The smallest absolute Gasteiger partial charge is 0.335 e. The lowest BCUT2D eigenvalue weighted by atomic mass is 9.85. The maximum Gasteiger partial charge on any atom is 0.335 e. The standard InChI is InChI=1S/C28H29F2N3O4/c1-15-11-19(3-4-20(15)29)33-21-12-18-14-31-32-25(18)24(30)23(21)22(26(33)16-6-9-37-10-7-16)17-5-8-28(13-17,36-2)27(34)35/h3-4,11-12,14,16-17H,5-10,13H2,1-2H3,(H,31,32)(H,34,35)/t17-,28+/m1/s1. The molecule has 9 heteroatoms. The highest BCUT2D eigenvalue weighted by atomic mass is 19.1. The van der Waals surface area contributed by atoms with Gasteiger partial charge in [0.05, 0.1) is 11.7 Å². The second-order valence-corrected chi connectivity index (χ2v) is 10.3. The SMILES string of the molecule is CO[C@@]1(C(=O)O)CC[C@@H](c2c(C3CCOCC3)n(-c3ccc(F)c(C)c3)c3cc4cn[nH]c4c(F)c23)C1. The van der Waals surface area contributed by atoms with Crippen molar-refractivity contribution in [1.29, 1.82) is 0 Å². The number of methoxy groups -OCH3 is 1. The molecule has 2 aliphatic rings. The Morgan fingerprint density at radius 2 is 2.00 bits per heavy atom. The summed E-state index contributed by atoms with van der Waals surface area (Å²) in [4.78, 5) is 12.2. The zero-order valence-electron chi connectivity index (χ0n) is 20.8. The van der Waals surface area contributed by atoms with E-state index in [2.05, 4.69) is 14.8 Å². The van der Waals surface area contributed by atoms with E-state index in [-0.39, 0.29) is 24.1 Å². The van der Waals surface area contributed by atoms with Crippen molar-refractivity contribution in [2.45, 2.75) is 56.5 Å². The van der Waals surface area contributed by atoms with Crippen molar-refractivity contribution in [2.24, 2.45) is 0 Å². The lowest BCUT2D eigenvalue weighted by molar-refractivity contribution is -0.161. The quantitative estimate of drug-likeness (QED) is 0.359. The molecule has 2 N–H and O–H groups in total. The topological polar surface area (TPSA) is 89.4 Å². The minimum Gasteiger partial charge on any atom is -0.479 e. The van der Waals surface area contributed by atoms with E-state index in [4.69, 9.17) is 9.47 Å². The lowest BCUT2D eigenvalue weighted by Gasteiger charge is -2.27. The van der Waals surface area contributed by atoms with Gasteiger partial charge in [0.1, 0.15) is 11.3 Å². The molecule has 194 valence electrons. The van der Waals surface area contributed by atoms with Gasteiger partial charge in [-0.1, -0.05) is 0 Å². The Morgan fingerprint density at radius 1 is 1.22 bits per heavy atom. The van der Waals surface area contributed by atoms with E-state index >= 15 is 4.39 Å². The summed E-state index contributed by atoms with van der Waals surface area (Å²) in [5, 5.41) is 17.9. The summed E-state index contributed by atoms with van der Waals surface area (Å²) in [7, 11) is 1.43. The third kappa shape index (κ3) is 3.67. The number of hydrogen-bond acceptors (Lipinski definition) is 4. The number of benzene rings is 2. The zero-order valence-corrected chi connectivity index (χ0v) is 20.8. The maximum absolute atomic E-state index is 16.3. The monoisotopic (exact) mass is 509 g/mol. The predicted octanol–water partition coefficient (Wildman–Crippen LogP) is 5.72. The van der Waals surface area contributed by atoms with E-state index in [1.165, 1.54) is 13.2 Å². The molecule has 0 amide bonds. The molecule has 0 spiro atoms. The molecule has 2 aromatic heterocycles. The van der Waals surface area contributed by atoms with Crippen LogP contribution in [0.1, 0.15) is 60.8 Å². The summed E-state index contributed by atoms with van der Waals surface area (Å²) in [5.74, 6) is -1.87. The molecule has 1 aliphatic carbocycles. The number of ether oxygens (including phenoxy) is 2. The number of aromatic amines is 1. The van der Waals surface area contributed by atoms with Crippen molar-refractivity contribution in [3.63, 3.8) is 0 Å². The average Bonchev–Trinajstić information content (AvgIpc) is 3.62. The van der Waals surface area contributed by atoms with Gasteiger partial charge in [0.2, 0.25) is 0 Å². The van der Waals surface area contributed by atoms with Gasteiger partial charge in [-0.05, 0) is 80.3 Å². The maximum atomic E-state index is 16.3. The summed E-state index contributed by atoms with van der Waals surface area (Å²) >= 11 is 0. The largest absolute Gasteiger partial charge is 0.479 e. The number of halogens is 2. The number of carbonyl (C=O) groups is 1. The van der Waals surface area contributed by atoms with Crippen LogP contribution in [0, 0.1) is 18.6 Å². The fourth-order valence-corrected chi connectivity index (χ4v) is 6.40. The molecular weight excluding hydrogens is 480 g/mol. The van der Waals surface area contributed by atoms with Gasteiger partial charge in [-0.25, -0.2) is 13.6 Å². The normalized spacial score (nSPS) is 22.9. The van der Waals surface area contributed by atoms with Gasteiger partial charge in [-0.2, -0.15) is 5.10 Å². The molecule has 1 saturated heterocycles. The molecule has 3 heterocycles. The van der Waals surface area contributed by atoms with Crippen LogP contribution in [-0.2, 0) is 14.3 Å². The fourth-order valence-electron chi connectivity index (χ4n) is 6.40. The van der Waals surface area contributed by atoms with Gasteiger partial charge in [-0.3, -0.25) is 5.10 Å². The molecule has 4 aromatic rings. The average molecular weight is 510 g/mol. The van der Waals surface area contributed by atoms with E-state index in [1.807, 2.05) is 6.07 Å². The van der Waals surface area contributed by atoms with Gasteiger partial charge in [0.15, 0.2) is 11.4 Å². The van der Waals surface area contributed by atoms with Crippen molar-refractivity contribution in [1.82, 2.24) is 14.8 Å². The van der Waals surface area contributed by atoms with Crippen molar-refractivity contribution in [3.05, 3.63) is 58.9 Å². The van der Waals surface area contributed by atoms with Crippen molar-refractivity contribution in [2.75, 3.05) is 20.3 Å². The number of carboxylic acids is 1. The van der Waals surface area contributed by atoms with Crippen LogP contribution >= 0.6 is 0 Å². The summed E-state index contributed by atoms with van der Waals surface area (Å²) < 4.78 is 43.9. The molecular formula is C28H29F2N3O4. The van der Waals surface area contributed by atoms with Gasteiger partial charge < -0.3 is 19.1 Å². The van der Waals surface area contributed by atoms with E-state index < -0.39 is 17.4 Å². The second kappa shape index (κ2) is 8.92. The van der Waals surface area contributed by atoms with E-state index in [0.717, 1.165) is 29.8 Å². The first-order valence-corrected chi connectivity index (χ1v) is 12.7. The molecule has 0 radical (unpaired) electrons. The molecule has 6 rings (SSSR count). The number of aromatic nitrogens is 3. The zero-order chi connectivity index (χ0) is 25.9. The molecule has 1 aliphatic heterocycles. The number of aryl methyl sites for hydroxylation is 1. The van der Waals surface area contributed by atoms with Crippen molar-refractivity contribution in [3.8, 4) is 5.69 Å². The summed E-state index contributed by atoms with van der Waals surface area (Å²) in [6, 6.07) is 6.85.